The number of para-hydroxylation sites is 2. The number of halogens is 1. The molecule has 2 N–H and O–H groups in total. The van der Waals surface area contributed by atoms with Crippen molar-refractivity contribution in [3.8, 4) is 5.69 Å². The fourth-order valence-corrected chi connectivity index (χ4v) is 3.60. The smallest absolute Gasteiger partial charge is 0.191 e. The number of aromatic nitrogens is 2. The molecule has 1 fully saturated rings. The summed E-state index contributed by atoms with van der Waals surface area (Å²) in [5.74, 6) is 0.861. The molecule has 1 aliphatic rings. The summed E-state index contributed by atoms with van der Waals surface area (Å²) in [4.78, 5) is 7.20. The maximum absolute atomic E-state index is 4.77. The Kier molecular flexibility index (Phi) is 8.12. The Hall–Kier alpha value is -2.55. The second kappa shape index (κ2) is 11.0. The minimum atomic E-state index is 0. The van der Waals surface area contributed by atoms with Crippen molar-refractivity contribution < 1.29 is 0 Å². The van der Waals surface area contributed by atoms with Gasteiger partial charge >= 0.3 is 0 Å². The average molecular weight is 516 g/mol. The predicted molar refractivity (Wildman–Crippen MR) is 134 cm³/mol. The van der Waals surface area contributed by atoms with Crippen LogP contribution in [0.15, 0.2) is 78.0 Å². The van der Waals surface area contributed by atoms with E-state index in [1.165, 1.54) is 5.69 Å². The summed E-state index contributed by atoms with van der Waals surface area (Å²) in [6.45, 7) is 5.57. The molecule has 1 aromatic heterocycles. The third kappa shape index (κ3) is 5.75. The van der Waals surface area contributed by atoms with Crippen molar-refractivity contribution in [3.05, 3.63) is 78.6 Å². The normalized spacial score (nSPS) is 16.2. The molecule has 0 aliphatic carbocycles. The lowest BCUT2D eigenvalue weighted by molar-refractivity contribution is 0.649. The zero-order valence-electron chi connectivity index (χ0n) is 17.2. The number of benzene rings is 2. The molecule has 1 atom stereocenters. The molecule has 0 amide bonds. The van der Waals surface area contributed by atoms with Gasteiger partial charge in [0.1, 0.15) is 0 Å². The molecule has 1 unspecified atom stereocenters. The molecular formula is C23H29IN6. The van der Waals surface area contributed by atoms with Crippen LogP contribution in [-0.4, -0.2) is 41.4 Å². The summed E-state index contributed by atoms with van der Waals surface area (Å²) >= 11 is 0. The van der Waals surface area contributed by atoms with E-state index in [2.05, 4.69) is 57.9 Å². The predicted octanol–water partition coefficient (Wildman–Crippen LogP) is 3.82. The monoisotopic (exact) mass is 516 g/mol. The van der Waals surface area contributed by atoms with Crippen molar-refractivity contribution in [2.75, 3.05) is 24.5 Å². The van der Waals surface area contributed by atoms with Crippen molar-refractivity contribution in [1.82, 2.24) is 20.4 Å². The van der Waals surface area contributed by atoms with E-state index in [-0.39, 0.29) is 24.0 Å². The maximum Gasteiger partial charge on any atom is 0.191 e. The summed E-state index contributed by atoms with van der Waals surface area (Å²) in [6, 6.07) is 21.1. The van der Waals surface area contributed by atoms with Crippen LogP contribution in [0.1, 0.15) is 18.9 Å². The summed E-state index contributed by atoms with van der Waals surface area (Å²) in [5.41, 5.74) is 3.43. The van der Waals surface area contributed by atoms with E-state index in [0.717, 1.165) is 43.3 Å². The van der Waals surface area contributed by atoms with E-state index in [4.69, 9.17) is 4.99 Å². The van der Waals surface area contributed by atoms with Crippen molar-refractivity contribution in [2.45, 2.75) is 25.9 Å². The lowest BCUT2D eigenvalue weighted by atomic mass is 10.2. The van der Waals surface area contributed by atoms with Crippen LogP contribution in [0.5, 0.6) is 0 Å². The first-order valence-electron chi connectivity index (χ1n) is 10.3. The summed E-state index contributed by atoms with van der Waals surface area (Å²) in [7, 11) is 0. The highest BCUT2D eigenvalue weighted by Crippen LogP contribution is 2.19. The molecular weight excluding hydrogens is 487 g/mol. The van der Waals surface area contributed by atoms with Crippen molar-refractivity contribution in [2.24, 2.45) is 4.99 Å². The molecule has 1 aliphatic heterocycles. The van der Waals surface area contributed by atoms with Gasteiger partial charge in [0, 0.05) is 43.1 Å². The topological polar surface area (TPSA) is 57.5 Å². The van der Waals surface area contributed by atoms with E-state index in [0.29, 0.717) is 12.6 Å². The Labute approximate surface area is 195 Å². The molecule has 4 rings (SSSR count). The molecule has 6 nitrogen and oxygen atoms in total. The second-order valence-electron chi connectivity index (χ2n) is 7.24. The van der Waals surface area contributed by atoms with Crippen molar-refractivity contribution in [3.63, 3.8) is 0 Å². The standard InChI is InChI=1S/C23H28N6.HI/c1-2-24-23(27-20-13-14-28(18-20)21-9-5-3-6-10-21)25-15-19-16-26-29(17-19)22-11-7-4-8-12-22;/h3-12,16-17,20H,2,13-15,18H2,1H3,(H2,24,25,27);1H. The van der Waals surface area contributed by atoms with Gasteiger partial charge in [-0.25, -0.2) is 9.67 Å². The quantitative estimate of drug-likeness (QED) is 0.297. The molecule has 0 bridgehead atoms. The fourth-order valence-electron chi connectivity index (χ4n) is 3.60. The number of nitrogens with one attached hydrogen (secondary N) is 2. The van der Waals surface area contributed by atoms with E-state index < -0.39 is 0 Å². The number of nitrogens with zero attached hydrogens (tertiary/aromatic N) is 4. The van der Waals surface area contributed by atoms with E-state index in [1.54, 1.807) is 0 Å². The van der Waals surface area contributed by atoms with Gasteiger partial charge in [-0.1, -0.05) is 36.4 Å². The van der Waals surface area contributed by atoms with Crippen LogP contribution in [0.4, 0.5) is 5.69 Å². The highest BCUT2D eigenvalue weighted by Gasteiger charge is 2.23. The Bertz CT molecular complexity index is 925. The number of hydrogen-bond acceptors (Lipinski definition) is 3. The fraction of sp³-hybridized carbons (Fsp3) is 0.304. The van der Waals surface area contributed by atoms with Gasteiger partial charge in [0.25, 0.3) is 0 Å². The van der Waals surface area contributed by atoms with Crippen molar-refractivity contribution >= 4 is 35.6 Å². The largest absolute Gasteiger partial charge is 0.369 e. The van der Waals surface area contributed by atoms with Crippen LogP contribution in [-0.2, 0) is 6.54 Å². The summed E-state index contributed by atoms with van der Waals surface area (Å²) in [6.07, 6.45) is 5.02. The Morgan fingerprint density at radius 2 is 1.77 bits per heavy atom. The zero-order chi connectivity index (χ0) is 19.9. The van der Waals surface area contributed by atoms with Gasteiger partial charge in [0.15, 0.2) is 5.96 Å². The third-order valence-corrected chi connectivity index (χ3v) is 5.07. The highest BCUT2D eigenvalue weighted by molar-refractivity contribution is 14.0. The van der Waals surface area contributed by atoms with Crippen LogP contribution in [0.25, 0.3) is 5.69 Å². The molecule has 2 heterocycles. The highest BCUT2D eigenvalue weighted by atomic mass is 127. The number of guanidine groups is 1. The Morgan fingerprint density at radius 1 is 1.07 bits per heavy atom. The molecule has 0 radical (unpaired) electrons. The van der Waals surface area contributed by atoms with Gasteiger partial charge in [0.2, 0.25) is 0 Å². The first-order valence-corrected chi connectivity index (χ1v) is 10.3. The molecule has 0 spiro atoms. The van der Waals surface area contributed by atoms with Crippen LogP contribution in [0.2, 0.25) is 0 Å². The Morgan fingerprint density at radius 3 is 2.47 bits per heavy atom. The van der Waals surface area contributed by atoms with Gasteiger partial charge in [-0.2, -0.15) is 5.10 Å². The minimum absolute atomic E-state index is 0. The van der Waals surface area contributed by atoms with Gasteiger partial charge in [-0.15, -0.1) is 24.0 Å². The number of anilines is 1. The summed E-state index contributed by atoms with van der Waals surface area (Å²) < 4.78 is 1.89. The summed E-state index contributed by atoms with van der Waals surface area (Å²) in [5, 5.41) is 11.4. The Balaban J connectivity index is 0.00000256. The molecule has 7 heteroatoms. The SMILES string of the molecule is CCNC(=NCc1cnn(-c2ccccc2)c1)NC1CCN(c2ccccc2)C1.I. The first kappa shape index (κ1) is 22.1. The number of aliphatic imine (C=N–C) groups is 1. The second-order valence-corrected chi connectivity index (χ2v) is 7.24. The number of hydrogen-bond donors (Lipinski definition) is 2. The lowest BCUT2D eigenvalue weighted by Crippen LogP contribution is -2.44. The van der Waals surface area contributed by atoms with E-state index in [1.807, 2.05) is 47.4 Å². The molecule has 0 saturated carbocycles. The molecule has 2 aromatic carbocycles. The average Bonchev–Trinajstić information content (AvgIpc) is 3.43. The zero-order valence-corrected chi connectivity index (χ0v) is 19.6. The molecule has 30 heavy (non-hydrogen) atoms. The van der Waals surface area contributed by atoms with Gasteiger partial charge in [-0.3, -0.25) is 0 Å². The van der Waals surface area contributed by atoms with Crippen LogP contribution in [0, 0.1) is 0 Å². The van der Waals surface area contributed by atoms with Crippen LogP contribution in [0.3, 0.4) is 0 Å². The van der Waals surface area contributed by atoms with E-state index >= 15 is 0 Å². The maximum atomic E-state index is 4.77. The molecule has 1 saturated heterocycles. The van der Waals surface area contributed by atoms with Crippen LogP contribution >= 0.6 is 24.0 Å². The number of rotatable bonds is 6. The van der Waals surface area contributed by atoms with Crippen LogP contribution < -0.4 is 15.5 Å². The minimum Gasteiger partial charge on any atom is -0.369 e. The van der Waals surface area contributed by atoms with Gasteiger partial charge in [0.05, 0.1) is 18.4 Å². The van der Waals surface area contributed by atoms with Gasteiger partial charge in [-0.05, 0) is 37.6 Å². The molecule has 158 valence electrons. The van der Waals surface area contributed by atoms with Crippen molar-refractivity contribution in [1.29, 1.82) is 0 Å². The van der Waals surface area contributed by atoms with E-state index in [9.17, 15) is 0 Å². The first-order chi connectivity index (χ1) is 14.3. The third-order valence-electron chi connectivity index (χ3n) is 5.07. The van der Waals surface area contributed by atoms with Gasteiger partial charge < -0.3 is 15.5 Å². The molecule has 3 aromatic rings. The lowest BCUT2D eigenvalue weighted by Gasteiger charge is -2.20.